The minimum atomic E-state index is -3.37. The SMILES string of the molecule is CNCc1cccc(NC(=O)c2nc(-c3ccc(S(=O)(=O)C(C)C)cc3)cnc2N)c1. The predicted octanol–water partition coefficient (Wildman–Crippen LogP) is 2.88. The van der Waals surface area contributed by atoms with Gasteiger partial charge < -0.3 is 16.4 Å². The van der Waals surface area contributed by atoms with Crippen LogP contribution in [0.3, 0.4) is 0 Å². The minimum Gasteiger partial charge on any atom is -0.382 e. The Morgan fingerprint density at radius 2 is 1.84 bits per heavy atom. The number of nitrogens with zero attached hydrogens (tertiary/aromatic N) is 2. The van der Waals surface area contributed by atoms with E-state index in [0.717, 1.165) is 5.56 Å². The number of hydrogen-bond acceptors (Lipinski definition) is 7. The van der Waals surface area contributed by atoms with Gasteiger partial charge in [-0.05, 0) is 50.7 Å². The number of aromatic nitrogens is 2. The molecule has 1 aromatic heterocycles. The van der Waals surface area contributed by atoms with Crippen LogP contribution in [0.25, 0.3) is 11.3 Å². The van der Waals surface area contributed by atoms with Crippen molar-refractivity contribution in [3.63, 3.8) is 0 Å². The van der Waals surface area contributed by atoms with Crippen molar-refractivity contribution in [3.05, 3.63) is 66.0 Å². The number of carbonyl (C=O) groups excluding carboxylic acids is 1. The van der Waals surface area contributed by atoms with Crippen molar-refractivity contribution in [1.29, 1.82) is 0 Å². The number of carbonyl (C=O) groups is 1. The molecule has 1 heterocycles. The number of nitrogen functional groups attached to an aromatic ring is 1. The maximum Gasteiger partial charge on any atom is 0.278 e. The molecule has 4 N–H and O–H groups in total. The van der Waals surface area contributed by atoms with E-state index in [2.05, 4.69) is 20.6 Å². The lowest BCUT2D eigenvalue weighted by atomic mass is 10.1. The Hall–Kier alpha value is -3.30. The number of sulfone groups is 1. The van der Waals surface area contributed by atoms with Gasteiger partial charge in [-0.1, -0.05) is 24.3 Å². The number of rotatable bonds is 7. The van der Waals surface area contributed by atoms with E-state index in [1.807, 2.05) is 25.2 Å². The van der Waals surface area contributed by atoms with Crippen molar-refractivity contribution in [2.75, 3.05) is 18.1 Å². The highest BCUT2D eigenvalue weighted by Gasteiger charge is 2.20. The van der Waals surface area contributed by atoms with Crippen LogP contribution in [0, 0.1) is 0 Å². The number of anilines is 2. The van der Waals surface area contributed by atoms with Crippen molar-refractivity contribution in [3.8, 4) is 11.3 Å². The summed E-state index contributed by atoms with van der Waals surface area (Å²) < 4.78 is 24.6. The van der Waals surface area contributed by atoms with Crippen LogP contribution in [0.4, 0.5) is 11.5 Å². The Labute approximate surface area is 181 Å². The predicted molar refractivity (Wildman–Crippen MR) is 121 cm³/mol. The number of amides is 1. The molecule has 31 heavy (non-hydrogen) atoms. The van der Waals surface area contributed by atoms with Crippen molar-refractivity contribution >= 4 is 27.2 Å². The van der Waals surface area contributed by atoms with Crippen LogP contribution in [-0.4, -0.2) is 36.6 Å². The first-order valence-electron chi connectivity index (χ1n) is 9.74. The molecule has 0 bridgehead atoms. The van der Waals surface area contributed by atoms with Crippen LogP contribution in [-0.2, 0) is 16.4 Å². The Morgan fingerprint density at radius 1 is 1.13 bits per heavy atom. The summed E-state index contributed by atoms with van der Waals surface area (Å²) in [4.78, 5) is 21.4. The quantitative estimate of drug-likeness (QED) is 0.516. The summed E-state index contributed by atoms with van der Waals surface area (Å²) in [6.07, 6.45) is 1.45. The zero-order chi connectivity index (χ0) is 22.6. The largest absolute Gasteiger partial charge is 0.382 e. The van der Waals surface area contributed by atoms with E-state index in [-0.39, 0.29) is 16.4 Å². The van der Waals surface area contributed by atoms with Gasteiger partial charge in [-0.3, -0.25) is 4.79 Å². The molecule has 0 atom stereocenters. The van der Waals surface area contributed by atoms with Gasteiger partial charge in [0, 0.05) is 17.8 Å². The van der Waals surface area contributed by atoms with Gasteiger partial charge in [0.1, 0.15) is 0 Å². The fourth-order valence-corrected chi connectivity index (χ4v) is 4.01. The highest BCUT2D eigenvalue weighted by molar-refractivity contribution is 7.92. The van der Waals surface area contributed by atoms with Crippen LogP contribution in [0.2, 0.25) is 0 Å². The molecule has 0 spiro atoms. The standard InChI is InChI=1S/C22H25N5O3S/c1-14(2)31(29,30)18-9-7-16(8-10-18)19-13-25-21(23)20(27-19)22(28)26-17-6-4-5-15(11-17)12-24-3/h4-11,13-14,24H,12H2,1-3H3,(H2,23,25)(H,26,28). The molecule has 0 radical (unpaired) electrons. The van der Waals surface area contributed by atoms with Crippen LogP contribution >= 0.6 is 0 Å². The van der Waals surface area contributed by atoms with Crippen molar-refractivity contribution in [2.45, 2.75) is 30.5 Å². The molecule has 0 aliphatic carbocycles. The molecule has 162 valence electrons. The van der Waals surface area contributed by atoms with E-state index in [0.29, 0.717) is 23.5 Å². The summed E-state index contributed by atoms with van der Waals surface area (Å²) >= 11 is 0. The summed E-state index contributed by atoms with van der Waals surface area (Å²) in [6.45, 7) is 3.94. The second kappa shape index (κ2) is 9.23. The zero-order valence-corrected chi connectivity index (χ0v) is 18.4. The fraction of sp³-hybridized carbons (Fsp3) is 0.227. The molecule has 9 heteroatoms. The van der Waals surface area contributed by atoms with Gasteiger partial charge in [-0.25, -0.2) is 18.4 Å². The maximum atomic E-state index is 12.8. The lowest BCUT2D eigenvalue weighted by Gasteiger charge is -2.11. The minimum absolute atomic E-state index is 0.00426. The van der Waals surface area contributed by atoms with Crippen molar-refractivity contribution in [2.24, 2.45) is 0 Å². The van der Waals surface area contributed by atoms with Gasteiger partial charge >= 0.3 is 0 Å². The van der Waals surface area contributed by atoms with E-state index in [9.17, 15) is 13.2 Å². The summed E-state index contributed by atoms with van der Waals surface area (Å²) in [7, 11) is -1.53. The Balaban J connectivity index is 1.86. The molecule has 8 nitrogen and oxygen atoms in total. The third-order valence-electron chi connectivity index (χ3n) is 4.68. The fourth-order valence-electron chi connectivity index (χ4n) is 2.95. The van der Waals surface area contributed by atoms with Gasteiger partial charge in [0.2, 0.25) is 0 Å². The van der Waals surface area contributed by atoms with E-state index in [1.165, 1.54) is 18.3 Å². The first kappa shape index (κ1) is 22.4. The number of nitrogens with one attached hydrogen (secondary N) is 2. The van der Waals surface area contributed by atoms with Gasteiger partial charge in [0.25, 0.3) is 5.91 Å². The van der Waals surface area contributed by atoms with Crippen LogP contribution in [0.1, 0.15) is 29.9 Å². The van der Waals surface area contributed by atoms with Crippen LogP contribution in [0.5, 0.6) is 0 Å². The maximum absolute atomic E-state index is 12.8. The van der Waals surface area contributed by atoms with Gasteiger partial charge in [0.05, 0.1) is 22.0 Å². The van der Waals surface area contributed by atoms with Gasteiger partial charge in [0.15, 0.2) is 21.3 Å². The monoisotopic (exact) mass is 439 g/mol. The van der Waals surface area contributed by atoms with E-state index in [1.54, 1.807) is 32.0 Å². The topological polar surface area (TPSA) is 127 Å². The molecule has 0 saturated carbocycles. The second-order valence-electron chi connectivity index (χ2n) is 7.29. The van der Waals surface area contributed by atoms with E-state index >= 15 is 0 Å². The molecular weight excluding hydrogens is 414 g/mol. The number of benzene rings is 2. The summed E-state index contributed by atoms with van der Waals surface area (Å²) in [5.41, 5.74) is 8.56. The van der Waals surface area contributed by atoms with E-state index in [4.69, 9.17) is 5.73 Å². The molecule has 0 saturated heterocycles. The molecule has 3 aromatic rings. The first-order chi connectivity index (χ1) is 14.7. The Kier molecular flexibility index (Phi) is 6.67. The normalized spacial score (nSPS) is 11.5. The summed E-state index contributed by atoms with van der Waals surface area (Å²) in [6, 6.07) is 13.8. The molecule has 2 aromatic carbocycles. The van der Waals surface area contributed by atoms with Gasteiger partial charge in [-0.15, -0.1) is 0 Å². The molecule has 0 unspecified atom stereocenters. The molecule has 0 aliphatic heterocycles. The van der Waals surface area contributed by atoms with Crippen LogP contribution < -0.4 is 16.4 Å². The average Bonchev–Trinajstić information content (AvgIpc) is 2.74. The lowest BCUT2D eigenvalue weighted by Crippen LogP contribution is -2.17. The van der Waals surface area contributed by atoms with Gasteiger partial charge in [-0.2, -0.15) is 0 Å². The first-order valence-corrected chi connectivity index (χ1v) is 11.3. The molecule has 0 aliphatic rings. The van der Waals surface area contributed by atoms with E-state index < -0.39 is 21.0 Å². The summed E-state index contributed by atoms with van der Waals surface area (Å²) in [5.74, 6) is -0.473. The van der Waals surface area contributed by atoms with Crippen molar-refractivity contribution < 1.29 is 13.2 Å². The molecule has 0 fully saturated rings. The highest BCUT2D eigenvalue weighted by Crippen LogP contribution is 2.23. The smallest absolute Gasteiger partial charge is 0.278 e. The zero-order valence-electron chi connectivity index (χ0n) is 17.6. The Morgan fingerprint density at radius 3 is 2.48 bits per heavy atom. The third kappa shape index (κ3) is 5.07. The molecule has 3 rings (SSSR count). The Bertz CT molecular complexity index is 1190. The summed E-state index contributed by atoms with van der Waals surface area (Å²) in [5, 5.41) is 5.33. The number of hydrogen-bond donors (Lipinski definition) is 3. The number of nitrogens with two attached hydrogens (primary N) is 1. The molecular formula is C22H25N5O3S. The van der Waals surface area contributed by atoms with Crippen molar-refractivity contribution in [1.82, 2.24) is 15.3 Å². The second-order valence-corrected chi connectivity index (χ2v) is 9.80. The highest BCUT2D eigenvalue weighted by atomic mass is 32.2. The average molecular weight is 440 g/mol. The lowest BCUT2D eigenvalue weighted by molar-refractivity contribution is 0.102. The van der Waals surface area contributed by atoms with Crippen LogP contribution in [0.15, 0.2) is 59.6 Å². The molecule has 1 amide bonds. The third-order valence-corrected chi connectivity index (χ3v) is 6.85.